The fourth-order valence-electron chi connectivity index (χ4n) is 3.34. The third kappa shape index (κ3) is 3.74. The molecule has 0 radical (unpaired) electrons. The van der Waals surface area contributed by atoms with E-state index in [0.29, 0.717) is 11.3 Å². The molecule has 5 nitrogen and oxygen atoms in total. The van der Waals surface area contributed by atoms with Crippen molar-refractivity contribution in [2.75, 3.05) is 10.8 Å². The third-order valence-corrected chi connectivity index (χ3v) is 6.58. The summed E-state index contributed by atoms with van der Waals surface area (Å²) in [5, 5.41) is -0.0871. The number of benzene rings is 3. The van der Waals surface area contributed by atoms with Crippen molar-refractivity contribution >= 4 is 15.7 Å². The summed E-state index contributed by atoms with van der Waals surface area (Å²) in [7, 11) is -3.96. The lowest BCUT2D eigenvalue weighted by Gasteiger charge is -2.22. The van der Waals surface area contributed by atoms with Gasteiger partial charge in [-0.05, 0) is 43.7 Å². The second-order valence-corrected chi connectivity index (χ2v) is 8.67. The van der Waals surface area contributed by atoms with E-state index in [1.165, 1.54) is 4.31 Å². The highest BCUT2D eigenvalue weighted by molar-refractivity contribution is 7.92. The molecule has 152 valence electrons. The number of hydrogen-bond acceptors (Lipinski definition) is 4. The number of oxazole rings is 1. The Kier molecular flexibility index (Phi) is 5.42. The van der Waals surface area contributed by atoms with Crippen molar-refractivity contribution in [3.05, 3.63) is 90.5 Å². The molecule has 0 bridgehead atoms. The first-order valence-corrected chi connectivity index (χ1v) is 11.2. The Morgan fingerprint density at radius 3 is 2.10 bits per heavy atom. The molecule has 0 unspecified atom stereocenters. The van der Waals surface area contributed by atoms with E-state index >= 15 is 0 Å². The molecular weight excluding hydrogens is 396 g/mol. The molecule has 0 fully saturated rings. The summed E-state index contributed by atoms with van der Waals surface area (Å²) < 4.78 is 34.8. The van der Waals surface area contributed by atoms with Crippen molar-refractivity contribution in [2.24, 2.45) is 0 Å². The fraction of sp³-hybridized carbons (Fsp3) is 0.125. The number of aromatic nitrogens is 1. The van der Waals surface area contributed by atoms with Crippen molar-refractivity contribution in [1.82, 2.24) is 4.98 Å². The fourth-order valence-corrected chi connectivity index (χ4v) is 4.87. The van der Waals surface area contributed by atoms with Crippen LogP contribution in [0.3, 0.4) is 0 Å². The molecule has 3 aromatic carbocycles. The van der Waals surface area contributed by atoms with E-state index in [1.807, 2.05) is 85.8 Å². The van der Waals surface area contributed by atoms with Gasteiger partial charge in [-0.2, -0.15) is 13.4 Å². The third-order valence-electron chi connectivity index (χ3n) is 4.76. The monoisotopic (exact) mass is 418 g/mol. The molecule has 0 spiro atoms. The second-order valence-electron chi connectivity index (χ2n) is 6.89. The molecule has 0 aliphatic heterocycles. The van der Waals surface area contributed by atoms with Gasteiger partial charge in [0.05, 0.1) is 5.69 Å². The van der Waals surface area contributed by atoms with Crippen LogP contribution in [0.15, 0.2) is 94.4 Å². The maximum atomic E-state index is 13.7. The molecule has 0 amide bonds. The summed E-state index contributed by atoms with van der Waals surface area (Å²) in [5.74, 6) is 0.508. The van der Waals surface area contributed by atoms with E-state index in [9.17, 15) is 8.42 Å². The first kappa shape index (κ1) is 19.9. The van der Waals surface area contributed by atoms with Crippen LogP contribution in [-0.2, 0) is 10.0 Å². The highest BCUT2D eigenvalue weighted by atomic mass is 32.2. The number of aryl methyl sites for hydroxylation is 1. The average Bonchev–Trinajstić information content (AvgIpc) is 3.22. The van der Waals surface area contributed by atoms with Crippen LogP contribution >= 0.6 is 0 Å². The van der Waals surface area contributed by atoms with Crippen LogP contribution in [0.5, 0.6) is 0 Å². The zero-order valence-electron chi connectivity index (χ0n) is 16.8. The van der Waals surface area contributed by atoms with E-state index in [0.717, 1.165) is 11.1 Å². The molecule has 0 aliphatic rings. The lowest BCUT2D eigenvalue weighted by Crippen LogP contribution is -2.31. The summed E-state index contributed by atoms with van der Waals surface area (Å²) in [4.78, 5) is 4.45. The van der Waals surface area contributed by atoms with E-state index in [2.05, 4.69) is 4.98 Å². The number of rotatable bonds is 6. The predicted molar refractivity (Wildman–Crippen MR) is 119 cm³/mol. The van der Waals surface area contributed by atoms with Gasteiger partial charge in [0.1, 0.15) is 0 Å². The Morgan fingerprint density at radius 1 is 0.867 bits per heavy atom. The average molecular weight is 419 g/mol. The van der Waals surface area contributed by atoms with Crippen molar-refractivity contribution in [2.45, 2.75) is 18.9 Å². The largest absolute Gasteiger partial charge is 0.435 e. The van der Waals surface area contributed by atoms with Gasteiger partial charge >= 0.3 is 0 Å². The topological polar surface area (TPSA) is 63.4 Å². The van der Waals surface area contributed by atoms with E-state index < -0.39 is 10.0 Å². The molecule has 1 heterocycles. The lowest BCUT2D eigenvalue weighted by molar-refractivity contribution is 0.578. The molecule has 0 saturated carbocycles. The summed E-state index contributed by atoms with van der Waals surface area (Å²) in [6.45, 7) is 4.01. The minimum Gasteiger partial charge on any atom is -0.435 e. The molecule has 0 aliphatic carbocycles. The van der Waals surface area contributed by atoms with Crippen LogP contribution in [0.2, 0.25) is 0 Å². The van der Waals surface area contributed by atoms with Gasteiger partial charge in [-0.3, -0.25) is 4.31 Å². The zero-order valence-corrected chi connectivity index (χ0v) is 17.6. The molecule has 0 saturated heterocycles. The van der Waals surface area contributed by atoms with Gasteiger partial charge in [-0.15, -0.1) is 0 Å². The van der Waals surface area contributed by atoms with Gasteiger partial charge in [-0.1, -0.05) is 60.7 Å². The first-order valence-electron chi connectivity index (χ1n) is 9.72. The van der Waals surface area contributed by atoms with Gasteiger partial charge in [-0.25, -0.2) is 0 Å². The summed E-state index contributed by atoms with van der Waals surface area (Å²) in [6.07, 6.45) is 0. The smallest absolute Gasteiger partial charge is 0.285 e. The quantitative estimate of drug-likeness (QED) is 0.413. The van der Waals surface area contributed by atoms with Gasteiger partial charge in [0.25, 0.3) is 10.0 Å². The Hall–Kier alpha value is -3.38. The number of anilines is 1. The van der Waals surface area contributed by atoms with Crippen molar-refractivity contribution in [3.63, 3.8) is 0 Å². The normalized spacial score (nSPS) is 11.4. The minimum absolute atomic E-state index is 0.0871. The van der Waals surface area contributed by atoms with Crippen LogP contribution in [0.4, 0.5) is 5.69 Å². The lowest BCUT2D eigenvalue weighted by atomic mass is 10.2. The minimum atomic E-state index is -3.96. The van der Waals surface area contributed by atoms with E-state index in [4.69, 9.17) is 4.42 Å². The summed E-state index contributed by atoms with van der Waals surface area (Å²) in [5.41, 5.74) is 2.95. The second kappa shape index (κ2) is 8.16. The van der Waals surface area contributed by atoms with Gasteiger partial charge in [0, 0.05) is 17.7 Å². The summed E-state index contributed by atoms with van der Waals surface area (Å²) >= 11 is 0. The van der Waals surface area contributed by atoms with Crippen LogP contribution in [-0.4, -0.2) is 19.9 Å². The van der Waals surface area contributed by atoms with Crippen LogP contribution in [0.1, 0.15) is 12.5 Å². The first-order chi connectivity index (χ1) is 14.5. The van der Waals surface area contributed by atoms with Crippen LogP contribution in [0.25, 0.3) is 22.8 Å². The molecule has 30 heavy (non-hydrogen) atoms. The zero-order chi connectivity index (χ0) is 21.1. The highest BCUT2D eigenvalue weighted by Gasteiger charge is 2.32. The maximum absolute atomic E-state index is 13.7. The van der Waals surface area contributed by atoms with E-state index in [1.54, 1.807) is 13.0 Å². The van der Waals surface area contributed by atoms with Crippen molar-refractivity contribution < 1.29 is 12.8 Å². The Balaban J connectivity index is 1.90. The SMILES string of the molecule is CCN(c1cccc(C)c1)S(=O)(=O)c1nc(-c2ccccc2)oc1-c1ccccc1. The molecule has 4 rings (SSSR count). The number of sulfonamides is 1. The van der Waals surface area contributed by atoms with Crippen molar-refractivity contribution in [3.8, 4) is 22.8 Å². The van der Waals surface area contributed by atoms with Crippen LogP contribution < -0.4 is 4.31 Å². The van der Waals surface area contributed by atoms with Gasteiger partial charge in [0.2, 0.25) is 10.9 Å². The Bertz CT molecular complexity index is 1250. The molecule has 6 heteroatoms. The number of nitrogens with zero attached hydrogens (tertiary/aromatic N) is 2. The Labute approximate surface area is 176 Å². The Morgan fingerprint density at radius 2 is 1.50 bits per heavy atom. The predicted octanol–water partition coefficient (Wildman–Crippen LogP) is 5.53. The molecule has 0 atom stereocenters. The molecule has 0 N–H and O–H groups in total. The highest BCUT2D eigenvalue weighted by Crippen LogP contribution is 2.35. The van der Waals surface area contributed by atoms with Gasteiger partial charge in [0.15, 0.2) is 5.76 Å². The standard InChI is InChI=1S/C24H22N2O3S/c1-3-26(21-16-10-11-18(2)17-21)30(27,28)24-22(19-12-6-4-7-13-19)29-23(25-24)20-14-8-5-9-15-20/h4-17H,3H2,1-2H3. The summed E-state index contributed by atoms with van der Waals surface area (Å²) in [6, 6.07) is 25.9. The molecule has 4 aromatic rings. The van der Waals surface area contributed by atoms with Crippen LogP contribution in [0, 0.1) is 6.92 Å². The van der Waals surface area contributed by atoms with E-state index in [-0.39, 0.29) is 23.2 Å². The van der Waals surface area contributed by atoms with Gasteiger partial charge < -0.3 is 4.42 Å². The number of hydrogen-bond donors (Lipinski definition) is 0. The maximum Gasteiger partial charge on any atom is 0.285 e. The van der Waals surface area contributed by atoms with Crippen molar-refractivity contribution in [1.29, 1.82) is 0 Å². The molecule has 1 aromatic heterocycles. The molecular formula is C24H22N2O3S.